The number of esters is 1. The van der Waals surface area contributed by atoms with Gasteiger partial charge in [0.05, 0.1) is 0 Å². The molecule has 3 nitrogen and oxygen atoms in total. The van der Waals surface area contributed by atoms with Crippen LogP contribution in [-0.2, 0) is 9.53 Å². The zero-order chi connectivity index (χ0) is 23.1. The van der Waals surface area contributed by atoms with Crippen molar-refractivity contribution in [1.29, 1.82) is 0 Å². The Hall–Kier alpha value is -0.681. The summed E-state index contributed by atoms with van der Waals surface area (Å²) in [6.07, 6.45) is 12.2. The second kappa shape index (κ2) is 16.0. The van der Waals surface area contributed by atoms with Gasteiger partial charge in [-0.15, -0.1) is 0 Å². The first kappa shape index (κ1) is 28.4. The number of ether oxygens (including phenoxy) is 2. The van der Waals surface area contributed by atoms with Crippen molar-refractivity contribution in [1.82, 2.24) is 0 Å². The molecule has 0 fully saturated rings. The van der Waals surface area contributed by atoms with E-state index < -0.39 is 18.4 Å². The van der Waals surface area contributed by atoms with E-state index in [2.05, 4.69) is 32.9 Å². The molecule has 0 atom stereocenters. The van der Waals surface area contributed by atoms with Crippen molar-refractivity contribution in [3.8, 4) is 5.75 Å². The summed E-state index contributed by atoms with van der Waals surface area (Å²) in [6, 6.07) is 6.04. The number of rotatable bonds is 16. The quantitative estimate of drug-likeness (QED) is 0.116. The molecule has 0 heterocycles. The van der Waals surface area contributed by atoms with Crippen LogP contribution >= 0.6 is 11.6 Å². The van der Waals surface area contributed by atoms with Gasteiger partial charge in [-0.25, -0.2) is 0 Å². The second-order valence-corrected chi connectivity index (χ2v) is 22.1. The fourth-order valence-electron chi connectivity index (χ4n) is 4.42. The van der Waals surface area contributed by atoms with E-state index in [-0.39, 0.29) is 5.97 Å². The number of halogens is 1. The van der Waals surface area contributed by atoms with E-state index in [1.54, 1.807) is 10.7 Å². The van der Waals surface area contributed by atoms with Gasteiger partial charge in [-0.3, -0.25) is 0 Å². The van der Waals surface area contributed by atoms with E-state index in [0.717, 1.165) is 23.6 Å². The predicted molar refractivity (Wildman–Crippen MR) is 137 cm³/mol. The molecule has 0 bridgehead atoms. The molecular weight excluding hydrogens is 514 g/mol. The Balaban J connectivity index is 3.51. The van der Waals surface area contributed by atoms with Crippen molar-refractivity contribution in [3.05, 3.63) is 34.9 Å². The normalized spacial score (nSPS) is 12.1. The van der Waals surface area contributed by atoms with Gasteiger partial charge in [-0.05, 0) is 0 Å². The molecule has 176 valence electrons. The van der Waals surface area contributed by atoms with Gasteiger partial charge in [-0.2, -0.15) is 0 Å². The number of unbranched alkanes of at least 4 members (excludes halogenated alkanes) is 4. The minimum absolute atomic E-state index is 0.131. The molecule has 5 heteroatoms. The molecule has 0 saturated heterocycles. The number of carbonyl (C=O) groups is 1. The van der Waals surface area contributed by atoms with Gasteiger partial charge < -0.3 is 0 Å². The molecule has 0 spiro atoms. The second-order valence-electron chi connectivity index (χ2n) is 8.52. The molecule has 0 N–H and O–H groups in total. The SMILES string of the molecule is CCC[CH2][Sn]([CH2]CCC)([CH2]CCC)[C](=CCCCC(=O)OC)c1cc(Cl)ccc1OC. The first-order chi connectivity index (χ1) is 15.0. The van der Waals surface area contributed by atoms with Gasteiger partial charge in [0.1, 0.15) is 0 Å². The Morgan fingerprint density at radius 3 is 2.03 bits per heavy atom. The fourth-order valence-corrected chi connectivity index (χ4v) is 21.7. The number of methoxy groups -OCH3 is 2. The molecular formula is C26H43ClO3Sn. The summed E-state index contributed by atoms with van der Waals surface area (Å²) in [5.41, 5.74) is 1.20. The Bertz CT molecular complexity index is 665. The number of carbonyl (C=O) groups excluding carboxylic acids is 1. The molecule has 0 aliphatic carbocycles. The first-order valence-electron chi connectivity index (χ1n) is 12.1. The molecule has 0 aliphatic heterocycles. The van der Waals surface area contributed by atoms with Gasteiger partial charge in [0, 0.05) is 0 Å². The van der Waals surface area contributed by atoms with Gasteiger partial charge in [0.25, 0.3) is 0 Å². The average molecular weight is 558 g/mol. The van der Waals surface area contributed by atoms with Gasteiger partial charge >= 0.3 is 201 Å². The molecule has 0 amide bonds. The monoisotopic (exact) mass is 558 g/mol. The van der Waals surface area contributed by atoms with Crippen molar-refractivity contribution in [2.45, 2.75) is 91.9 Å². The van der Waals surface area contributed by atoms with Crippen molar-refractivity contribution < 1.29 is 14.3 Å². The van der Waals surface area contributed by atoms with Crippen LogP contribution in [0.2, 0.25) is 18.3 Å². The molecule has 1 aromatic rings. The number of benzene rings is 1. The van der Waals surface area contributed by atoms with Crippen LogP contribution in [0, 0.1) is 0 Å². The van der Waals surface area contributed by atoms with Crippen LogP contribution in [0.1, 0.15) is 84.1 Å². The Morgan fingerprint density at radius 1 is 0.968 bits per heavy atom. The molecule has 1 rings (SSSR count). The van der Waals surface area contributed by atoms with Crippen LogP contribution in [0.3, 0.4) is 0 Å². The maximum absolute atomic E-state index is 11.6. The standard InChI is InChI=1S/C14H16ClO3.3C4H9.Sn/c1-17-13-9-8-12(15)10-11(13)6-4-3-5-7-14(16)18-2;3*1-3-4-2;/h4,8-10H,3,5,7H2,1-2H3;3*1,3-4H2,2H3;. The summed E-state index contributed by atoms with van der Waals surface area (Å²) in [5.74, 6) is 0.794. The Labute approximate surface area is 199 Å². The summed E-state index contributed by atoms with van der Waals surface area (Å²) in [6.45, 7) is 6.90. The van der Waals surface area contributed by atoms with Crippen LogP contribution in [0.25, 0.3) is 3.59 Å². The third-order valence-electron chi connectivity index (χ3n) is 6.21. The minimum atomic E-state index is -2.74. The molecule has 0 aromatic heterocycles. The van der Waals surface area contributed by atoms with Crippen molar-refractivity contribution in [3.63, 3.8) is 0 Å². The van der Waals surface area contributed by atoms with Crippen LogP contribution in [0.15, 0.2) is 24.3 Å². The van der Waals surface area contributed by atoms with Crippen molar-refractivity contribution in [2.24, 2.45) is 0 Å². The number of hydrogen-bond acceptors (Lipinski definition) is 3. The Morgan fingerprint density at radius 2 is 1.55 bits per heavy atom. The summed E-state index contributed by atoms with van der Waals surface area (Å²) in [7, 11) is 3.21. The molecule has 1 aromatic carbocycles. The zero-order valence-corrected chi connectivity index (χ0v) is 24.0. The Kier molecular flexibility index (Phi) is 14.6. The average Bonchev–Trinajstić information content (AvgIpc) is 2.79. The molecule has 0 radical (unpaired) electrons. The van der Waals surface area contributed by atoms with Gasteiger partial charge in [0.2, 0.25) is 0 Å². The van der Waals surface area contributed by atoms with E-state index in [4.69, 9.17) is 21.1 Å². The van der Waals surface area contributed by atoms with E-state index in [1.165, 1.54) is 64.5 Å². The topological polar surface area (TPSA) is 35.5 Å². The molecule has 0 aliphatic rings. The summed E-state index contributed by atoms with van der Waals surface area (Å²) in [4.78, 5) is 11.6. The zero-order valence-electron chi connectivity index (χ0n) is 20.4. The van der Waals surface area contributed by atoms with Crippen LogP contribution in [-0.4, -0.2) is 38.6 Å². The molecule has 0 saturated carbocycles. The summed E-state index contributed by atoms with van der Waals surface area (Å²) in [5, 5.41) is 0.762. The fraction of sp³-hybridized carbons (Fsp3) is 0.654. The van der Waals surface area contributed by atoms with E-state index >= 15 is 0 Å². The predicted octanol–water partition coefficient (Wildman–Crippen LogP) is 8.46. The van der Waals surface area contributed by atoms with E-state index in [0.29, 0.717) is 6.42 Å². The van der Waals surface area contributed by atoms with Crippen molar-refractivity contribution >= 4 is 39.5 Å². The van der Waals surface area contributed by atoms with Crippen LogP contribution in [0.5, 0.6) is 5.75 Å². The first-order valence-corrected chi connectivity index (χ1v) is 19.9. The van der Waals surface area contributed by atoms with Crippen molar-refractivity contribution in [2.75, 3.05) is 14.2 Å². The summed E-state index contributed by atoms with van der Waals surface area (Å²) >= 11 is 3.74. The van der Waals surface area contributed by atoms with Crippen LogP contribution in [0.4, 0.5) is 0 Å². The van der Waals surface area contributed by atoms with Crippen LogP contribution < -0.4 is 4.74 Å². The number of allylic oxidation sites excluding steroid dienone is 1. The van der Waals surface area contributed by atoms with E-state index in [9.17, 15) is 4.79 Å². The van der Waals surface area contributed by atoms with Gasteiger partial charge in [-0.1, -0.05) is 0 Å². The van der Waals surface area contributed by atoms with E-state index in [1.807, 2.05) is 12.1 Å². The maximum atomic E-state index is 11.6. The molecule has 0 unspecified atom stereocenters. The summed E-state index contributed by atoms with van der Waals surface area (Å²) < 4.78 is 16.3. The number of hydrogen-bond donors (Lipinski definition) is 0. The third kappa shape index (κ3) is 9.37. The van der Waals surface area contributed by atoms with Gasteiger partial charge in [0.15, 0.2) is 0 Å². The third-order valence-corrected chi connectivity index (χ3v) is 22.3. The molecule has 31 heavy (non-hydrogen) atoms.